The van der Waals surface area contributed by atoms with E-state index in [1.807, 2.05) is 4.90 Å². The first-order valence-corrected chi connectivity index (χ1v) is 6.65. The van der Waals surface area contributed by atoms with Gasteiger partial charge in [-0.3, -0.25) is 4.79 Å². The van der Waals surface area contributed by atoms with E-state index in [4.69, 9.17) is 4.74 Å². The van der Waals surface area contributed by atoms with E-state index in [0.29, 0.717) is 24.7 Å². The number of carbonyl (C=O) groups is 1. The summed E-state index contributed by atoms with van der Waals surface area (Å²) in [5, 5.41) is 3.07. The summed E-state index contributed by atoms with van der Waals surface area (Å²) in [6.07, 6.45) is 6.49. The second kappa shape index (κ2) is 7.04. The third kappa shape index (κ3) is 3.89. The molecule has 0 bridgehead atoms. The van der Waals surface area contributed by atoms with E-state index in [0.717, 1.165) is 25.9 Å². The summed E-state index contributed by atoms with van der Waals surface area (Å²) in [6.45, 7) is 2.93. The van der Waals surface area contributed by atoms with Crippen LogP contribution < -0.4 is 5.32 Å². The van der Waals surface area contributed by atoms with Crippen LogP contribution in [-0.2, 0) is 4.74 Å². The Balaban J connectivity index is 1.91. The molecule has 1 aromatic heterocycles. The Morgan fingerprint density at radius 1 is 1.32 bits per heavy atom. The van der Waals surface area contributed by atoms with Crippen LogP contribution in [0.3, 0.4) is 0 Å². The number of methoxy groups -OCH3 is 1. The van der Waals surface area contributed by atoms with Crippen LogP contribution in [0.5, 0.6) is 0 Å². The lowest BCUT2D eigenvalue weighted by molar-refractivity contribution is 0.0718. The molecule has 19 heavy (non-hydrogen) atoms. The zero-order valence-corrected chi connectivity index (χ0v) is 11.3. The van der Waals surface area contributed by atoms with Gasteiger partial charge in [-0.2, -0.15) is 0 Å². The molecule has 6 heteroatoms. The minimum absolute atomic E-state index is 0.0179. The van der Waals surface area contributed by atoms with E-state index in [1.54, 1.807) is 13.3 Å². The number of nitrogens with zero attached hydrogens (tertiary/aromatic N) is 3. The first-order valence-electron chi connectivity index (χ1n) is 6.65. The molecule has 2 rings (SSSR count). The van der Waals surface area contributed by atoms with Gasteiger partial charge in [0.2, 0.25) is 0 Å². The molecule has 1 fully saturated rings. The Labute approximate surface area is 113 Å². The Hall–Kier alpha value is -1.69. The second-order valence-electron chi connectivity index (χ2n) is 4.56. The minimum Gasteiger partial charge on any atom is -0.383 e. The predicted octanol–water partition coefficient (Wildman–Crippen LogP) is 1.16. The largest absolute Gasteiger partial charge is 0.383 e. The molecule has 2 heterocycles. The normalized spacial score (nSPS) is 15.3. The summed E-state index contributed by atoms with van der Waals surface area (Å²) in [5.74, 6) is 0.642. The van der Waals surface area contributed by atoms with E-state index >= 15 is 0 Å². The number of anilines is 1. The van der Waals surface area contributed by atoms with Gasteiger partial charge in [-0.25, -0.2) is 9.97 Å². The smallest absolute Gasteiger partial charge is 0.274 e. The van der Waals surface area contributed by atoms with E-state index in [1.165, 1.54) is 12.6 Å². The maximum Gasteiger partial charge on any atom is 0.274 e. The van der Waals surface area contributed by atoms with Crippen LogP contribution in [0.2, 0.25) is 0 Å². The third-order valence-corrected chi connectivity index (χ3v) is 3.13. The molecule has 0 atom stereocenters. The van der Waals surface area contributed by atoms with E-state index < -0.39 is 0 Å². The second-order valence-corrected chi connectivity index (χ2v) is 4.56. The van der Waals surface area contributed by atoms with Crippen LogP contribution >= 0.6 is 0 Å². The highest BCUT2D eigenvalue weighted by atomic mass is 16.5. The number of carbonyl (C=O) groups excluding carboxylic acids is 1. The van der Waals surface area contributed by atoms with Crippen LogP contribution in [0.4, 0.5) is 5.82 Å². The Morgan fingerprint density at radius 2 is 2.11 bits per heavy atom. The molecule has 0 spiro atoms. The molecule has 0 unspecified atom stereocenters. The van der Waals surface area contributed by atoms with Crippen molar-refractivity contribution in [2.24, 2.45) is 0 Å². The van der Waals surface area contributed by atoms with Gasteiger partial charge in [0.05, 0.1) is 19.0 Å². The maximum absolute atomic E-state index is 12.2. The summed E-state index contributed by atoms with van der Waals surface area (Å²) in [4.78, 5) is 22.4. The molecule has 1 N–H and O–H groups in total. The maximum atomic E-state index is 12.2. The van der Waals surface area contributed by atoms with Gasteiger partial charge in [0.1, 0.15) is 11.5 Å². The van der Waals surface area contributed by atoms with Crippen molar-refractivity contribution in [2.75, 3.05) is 38.7 Å². The van der Waals surface area contributed by atoms with E-state index in [-0.39, 0.29) is 5.91 Å². The lowest BCUT2D eigenvalue weighted by atomic mass is 10.1. The number of hydrogen-bond acceptors (Lipinski definition) is 5. The molecular formula is C13H20N4O2. The van der Waals surface area contributed by atoms with Gasteiger partial charge in [-0.05, 0) is 19.3 Å². The van der Waals surface area contributed by atoms with Gasteiger partial charge in [0.15, 0.2) is 0 Å². The Morgan fingerprint density at radius 3 is 2.74 bits per heavy atom. The first kappa shape index (κ1) is 13.7. The third-order valence-electron chi connectivity index (χ3n) is 3.13. The highest BCUT2D eigenvalue weighted by Gasteiger charge is 2.19. The molecular weight excluding hydrogens is 244 g/mol. The fourth-order valence-electron chi connectivity index (χ4n) is 2.07. The molecule has 1 aliphatic heterocycles. The number of ether oxygens (including phenoxy) is 1. The predicted molar refractivity (Wildman–Crippen MR) is 72.2 cm³/mol. The van der Waals surface area contributed by atoms with Gasteiger partial charge in [-0.1, -0.05) is 0 Å². The van der Waals surface area contributed by atoms with E-state index in [9.17, 15) is 4.79 Å². The molecule has 1 saturated heterocycles. The minimum atomic E-state index is -0.0179. The van der Waals surface area contributed by atoms with Crippen molar-refractivity contribution >= 4 is 11.7 Å². The summed E-state index contributed by atoms with van der Waals surface area (Å²) >= 11 is 0. The average Bonchev–Trinajstić information content (AvgIpc) is 2.48. The number of aromatic nitrogens is 2. The number of hydrogen-bond donors (Lipinski definition) is 1. The zero-order valence-electron chi connectivity index (χ0n) is 11.3. The van der Waals surface area contributed by atoms with Crippen molar-refractivity contribution < 1.29 is 9.53 Å². The Kier molecular flexibility index (Phi) is 5.09. The lowest BCUT2D eigenvalue weighted by Crippen LogP contribution is -2.36. The molecule has 6 nitrogen and oxygen atoms in total. The molecule has 1 aliphatic rings. The fraction of sp³-hybridized carbons (Fsp3) is 0.615. The highest BCUT2D eigenvalue weighted by molar-refractivity contribution is 5.92. The summed E-state index contributed by atoms with van der Waals surface area (Å²) in [7, 11) is 1.65. The van der Waals surface area contributed by atoms with Gasteiger partial charge >= 0.3 is 0 Å². The SMILES string of the molecule is COCCNc1cnc(C(=O)N2CCCCC2)cn1. The average molecular weight is 264 g/mol. The molecule has 0 aromatic carbocycles. The van der Waals surface area contributed by atoms with Crippen molar-refractivity contribution in [3.05, 3.63) is 18.1 Å². The van der Waals surface area contributed by atoms with Gasteiger partial charge < -0.3 is 15.0 Å². The molecule has 0 saturated carbocycles. The van der Waals surface area contributed by atoms with Crippen molar-refractivity contribution in [3.8, 4) is 0 Å². The molecule has 1 aromatic rings. The fourth-order valence-corrected chi connectivity index (χ4v) is 2.07. The molecule has 0 radical (unpaired) electrons. The van der Waals surface area contributed by atoms with Crippen LogP contribution in [-0.4, -0.2) is 54.1 Å². The standard InChI is InChI=1S/C13H20N4O2/c1-19-8-5-14-12-10-15-11(9-16-12)13(18)17-6-3-2-4-7-17/h9-10H,2-8H2,1H3,(H,14,16). The number of amides is 1. The monoisotopic (exact) mass is 264 g/mol. The highest BCUT2D eigenvalue weighted by Crippen LogP contribution is 2.12. The number of piperidine rings is 1. The number of nitrogens with one attached hydrogen (secondary N) is 1. The summed E-state index contributed by atoms with van der Waals surface area (Å²) < 4.78 is 4.93. The van der Waals surface area contributed by atoms with Crippen molar-refractivity contribution in [1.29, 1.82) is 0 Å². The topological polar surface area (TPSA) is 67.3 Å². The molecule has 1 amide bonds. The van der Waals surface area contributed by atoms with Crippen LogP contribution in [0.1, 0.15) is 29.8 Å². The van der Waals surface area contributed by atoms with E-state index in [2.05, 4.69) is 15.3 Å². The molecule has 104 valence electrons. The van der Waals surface area contributed by atoms with Crippen molar-refractivity contribution in [3.63, 3.8) is 0 Å². The van der Waals surface area contributed by atoms with Crippen LogP contribution in [0, 0.1) is 0 Å². The van der Waals surface area contributed by atoms with Crippen LogP contribution in [0.25, 0.3) is 0 Å². The summed E-state index contributed by atoms with van der Waals surface area (Å²) in [6, 6.07) is 0. The Bertz CT molecular complexity index is 402. The zero-order chi connectivity index (χ0) is 13.5. The van der Waals surface area contributed by atoms with Gasteiger partial charge in [0, 0.05) is 26.7 Å². The van der Waals surface area contributed by atoms with Gasteiger partial charge in [-0.15, -0.1) is 0 Å². The number of rotatable bonds is 5. The first-order chi connectivity index (χ1) is 9.31. The molecule has 0 aliphatic carbocycles. The summed E-state index contributed by atoms with van der Waals surface area (Å²) in [5.41, 5.74) is 0.416. The van der Waals surface area contributed by atoms with Crippen molar-refractivity contribution in [2.45, 2.75) is 19.3 Å². The number of likely N-dealkylation sites (tertiary alicyclic amines) is 1. The quantitative estimate of drug-likeness (QED) is 0.808. The van der Waals surface area contributed by atoms with Gasteiger partial charge in [0.25, 0.3) is 5.91 Å². The van der Waals surface area contributed by atoms with Crippen LogP contribution in [0.15, 0.2) is 12.4 Å². The van der Waals surface area contributed by atoms with Crippen molar-refractivity contribution in [1.82, 2.24) is 14.9 Å². The lowest BCUT2D eigenvalue weighted by Gasteiger charge is -2.26.